The van der Waals surface area contributed by atoms with Crippen molar-refractivity contribution in [1.29, 1.82) is 0 Å². The first-order valence-corrected chi connectivity index (χ1v) is 14.8. The van der Waals surface area contributed by atoms with E-state index in [2.05, 4.69) is 15.3 Å². The molecule has 2 heterocycles. The molecule has 1 aliphatic carbocycles. The van der Waals surface area contributed by atoms with E-state index >= 15 is 0 Å². The minimum Gasteiger partial charge on any atom is -0.491 e. The number of carbonyl (C=O) groups excluding carboxylic acids is 2. The lowest BCUT2D eigenvalue weighted by atomic mass is 9.93. The summed E-state index contributed by atoms with van der Waals surface area (Å²) in [6.45, 7) is 2.18. The number of nitrogens with zero attached hydrogens (tertiary/aromatic N) is 2. The van der Waals surface area contributed by atoms with Crippen LogP contribution in [-0.2, 0) is 16.8 Å². The molecule has 0 saturated heterocycles. The second-order valence-corrected chi connectivity index (χ2v) is 11.2. The van der Waals surface area contributed by atoms with Crippen LogP contribution in [0.3, 0.4) is 0 Å². The average Bonchev–Trinajstić information content (AvgIpc) is 3.85. The molecule has 2 aromatic carbocycles. The molecule has 13 heteroatoms. The number of nitrogens with two attached hydrogens (primary N) is 1. The van der Waals surface area contributed by atoms with Crippen molar-refractivity contribution in [3.63, 3.8) is 0 Å². The Bertz CT molecular complexity index is 1780. The highest BCUT2D eigenvalue weighted by Crippen LogP contribution is 2.42. The number of rotatable bonds is 12. The van der Waals surface area contributed by atoms with Crippen LogP contribution in [0.4, 0.5) is 17.6 Å². The van der Waals surface area contributed by atoms with Crippen molar-refractivity contribution in [2.75, 3.05) is 13.2 Å². The molecule has 0 spiro atoms. The van der Waals surface area contributed by atoms with Crippen LogP contribution in [0.15, 0.2) is 66.9 Å². The number of pyridine rings is 2. The van der Waals surface area contributed by atoms with Crippen LogP contribution in [0, 0.1) is 12.7 Å². The number of aryl methyl sites for hydroxylation is 1. The minimum atomic E-state index is -5.36. The molecular weight excluding hydrogens is 620 g/mol. The second-order valence-electron chi connectivity index (χ2n) is 11.2. The number of nitrogens with one attached hydrogen (secondary N) is 1. The normalized spacial score (nSPS) is 14.3. The highest BCUT2D eigenvalue weighted by atomic mass is 19.4. The van der Waals surface area contributed by atoms with Crippen molar-refractivity contribution in [3.05, 3.63) is 95.1 Å². The lowest BCUT2D eigenvalue weighted by Gasteiger charge is -2.31. The van der Waals surface area contributed by atoms with Crippen LogP contribution >= 0.6 is 0 Å². The average molecular weight is 653 g/mol. The van der Waals surface area contributed by atoms with Gasteiger partial charge in [0.1, 0.15) is 23.0 Å². The number of alkyl halides is 3. The monoisotopic (exact) mass is 652 g/mol. The van der Waals surface area contributed by atoms with Crippen molar-refractivity contribution >= 4 is 11.8 Å². The molecule has 4 aromatic rings. The van der Waals surface area contributed by atoms with Gasteiger partial charge in [-0.2, -0.15) is 13.2 Å². The highest BCUT2D eigenvalue weighted by molar-refractivity contribution is 5.96. The standard InChI is InChI=1S/C34H32F4N4O5/c1-3-46-31-22(16-29(39)43)15-28(42-30(31)20-5-8-23(35)9-6-20)33(45,34(36,37)38)18-41-32(44)21-7-13-27(47-24-10-11-24)25(14-21)26-12-4-19(2)17-40-26/h4-9,12-15,17,24,45H,3,10-11,16,18H2,1-2H3,(H2,39,43)(H,41,44)/t33-/m0/s1. The van der Waals surface area contributed by atoms with E-state index in [1.54, 1.807) is 25.3 Å². The van der Waals surface area contributed by atoms with Gasteiger partial charge in [-0.05, 0) is 86.8 Å². The van der Waals surface area contributed by atoms with Gasteiger partial charge >= 0.3 is 6.18 Å². The first-order chi connectivity index (χ1) is 22.3. The molecule has 0 bridgehead atoms. The number of amides is 2. The molecule has 0 aliphatic heterocycles. The molecule has 1 atom stereocenters. The zero-order chi connectivity index (χ0) is 33.9. The van der Waals surface area contributed by atoms with Gasteiger partial charge in [-0.3, -0.25) is 14.6 Å². The fourth-order valence-electron chi connectivity index (χ4n) is 4.84. The predicted molar refractivity (Wildman–Crippen MR) is 164 cm³/mol. The summed E-state index contributed by atoms with van der Waals surface area (Å²) in [6.07, 6.45) is -2.48. The first kappa shape index (κ1) is 33.3. The lowest BCUT2D eigenvalue weighted by Crippen LogP contribution is -2.51. The third kappa shape index (κ3) is 7.51. The van der Waals surface area contributed by atoms with Crippen LogP contribution in [0.5, 0.6) is 11.5 Å². The summed E-state index contributed by atoms with van der Waals surface area (Å²) in [5.41, 5.74) is 2.49. The Kier molecular flexibility index (Phi) is 9.48. The second kappa shape index (κ2) is 13.4. The van der Waals surface area contributed by atoms with Crippen molar-refractivity contribution in [1.82, 2.24) is 15.3 Å². The summed E-state index contributed by atoms with van der Waals surface area (Å²) in [4.78, 5) is 33.8. The number of hydrogen-bond acceptors (Lipinski definition) is 7. The summed E-state index contributed by atoms with van der Waals surface area (Å²) in [6, 6.07) is 13.5. The Hall–Kier alpha value is -5.04. The molecule has 246 valence electrons. The molecule has 2 aromatic heterocycles. The van der Waals surface area contributed by atoms with Gasteiger partial charge < -0.3 is 25.6 Å². The number of aliphatic hydroxyl groups is 1. The largest absolute Gasteiger partial charge is 0.491 e. The molecule has 1 saturated carbocycles. The van der Waals surface area contributed by atoms with E-state index in [4.69, 9.17) is 15.2 Å². The quantitative estimate of drug-likeness (QED) is 0.174. The van der Waals surface area contributed by atoms with E-state index in [1.165, 1.54) is 24.3 Å². The van der Waals surface area contributed by atoms with Crippen LogP contribution in [-0.4, -0.2) is 52.3 Å². The Balaban J connectivity index is 1.52. The summed E-state index contributed by atoms with van der Waals surface area (Å²) >= 11 is 0. The molecule has 5 rings (SSSR count). The first-order valence-electron chi connectivity index (χ1n) is 14.8. The van der Waals surface area contributed by atoms with E-state index < -0.39 is 48.1 Å². The number of aromatic nitrogens is 2. The zero-order valence-electron chi connectivity index (χ0n) is 25.5. The van der Waals surface area contributed by atoms with E-state index in [9.17, 15) is 32.3 Å². The van der Waals surface area contributed by atoms with Crippen LogP contribution in [0.25, 0.3) is 22.5 Å². The number of hydrogen-bond donors (Lipinski definition) is 3. The van der Waals surface area contributed by atoms with Gasteiger partial charge in [-0.25, -0.2) is 9.37 Å². The van der Waals surface area contributed by atoms with E-state index in [0.29, 0.717) is 17.0 Å². The number of ether oxygens (including phenoxy) is 2. The number of primary amides is 1. The van der Waals surface area contributed by atoms with Crippen molar-refractivity contribution in [3.8, 4) is 34.0 Å². The van der Waals surface area contributed by atoms with Crippen molar-refractivity contribution in [2.24, 2.45) is 5.73 Å². The highest BCUT2D eigenvalue weighted by Gasteiger charge is 2.56. The van der Waals surface area contributed by atoms with Gasteiger partial charge in [0.05, 0.1) is 37.1 Å². The van der Waals surface area contributed by atoms with Crippen LogP contribution in [0.1, 0.15) is 46.9 Å². The molecule has 1 fully saturated rings. The number of carbonyl (C=O) groups is 2. The lowest BCUT2D eigenvalue weighted by molar-refractivity contribution is -0.265. The van der Waals surface area contributed by atoms with Crippen molar-refractivity contribution < 1.29 is 41.7 Å². The molecule has 1 aliphatic rings. The molecule has 0 unspecified atom stereocenters. The van der Waals surface area contributed by atoms with Gasteiger partial charge in [0.15, 0.2) is 0 Å². The third-order valence-electron chi connectivity index (χ3n) is 7.47. The zero-order valence-corrected chi connectivity index (χ0v) is 25.5. The van der Waals surface area contributed by atoms with Crippen molar-refractivity contribution in [2.45, 2.75) is 51.0 Å². The third-order valence-corrected chi connectivity index (χ3v) is 7.47. The fourth-order valence-corrected chi connectivity index (χ4v) is 4.84. The maximum Gasteiger partial charge on any atom is 0.424 e. The molecule has 47 heavy (non-hydrogen) atoms. The predicted octanol–water partition coefficient (Wildman–Crippen LogP) is 5.41. The van der Waals surface area contributed by atoms with Gasteiger partial charge in [0.25, 0.3) is 5.91 Å². The smallest absolute Gasteiger partial charge is 0.424 e. The molecule has 0 radical (unpaired) electrons. The number of halogens is 4. The number of benzene rings is 2. The maximum atomic E-state index is 14.7. The van der Waals surface area contributed by atoms with E-state index in [-0.39, 0.29) is 40.8 Å². The van der Waals surface area contributed by atoms with Gasteiger partial charge in [-0.1, -0.05) is 6.07 Å². The summed E-state index contributed by atoms with van der Waals surface area (Å²) in [7, 11) is 0. The molecule has 2 amide bonds. The summed E-state index contributed by atoms with van der Waals surface area (Å²) in [5.74, 6) is -1.99. The van der Waals surface area contributed by atoms with Crippen LogP contribution < -0.4 is 20.5 Å². The van der Waals surface area contributed by atoms with E-state index in [1.807, 2.05) is 13.0 Å². The molecule has 4 N–H and O–H groups in total. The van der Waals surface area contributed by atoms with Gasteiger partial charge in [-0.15, -0.1) is 0 Å². The SMILES string of the molecule is CCOc1c(CC(N)=O)cc([C@@](O)(CNC(=O)c2ccc(OC3CC3)c(-c3ccc(C)cn3)c2)C(F)(F)F)nc1-c1ccc(F)cc1. The van der Waals surface area contributed by atoms with Crippen LogP contribution in [0.2, 0.25) is 0 Å². The fraction of sp³-hybridized carbons (Fsp3) is 0.294. The molecular formula is C34H32F4N4O5. The van der Waals surface area contributed by atoms with Gasteiger partial charge in [0, 0.05) is 28.5 Å². The van der Waals surface area contributed by atoms with E-state index in [0.717, 1.165) is 36.6 Å². The Morgan fingerprint density at radius 2 is 1.79 bits per heavy atom. The summed E-state index contributed by atoms with van der Waals surface area (Å²) < 4.78 is 69.5. The molecule has 9 nitrogen and oxygen atoms in total. The minimum absolute atomic E-state index is 0.00359. The topological polar surface area (TPSA) is 137 Å². The maximum absolute atomic E-state index is 14.7. The van der Waals surface area contributed by atoms with Gasteiger partial charge in [0.2, 0.25) is 11.5 Å². The summed E-state index contributed by atoms with van der Waals surface area (Å²) in [5, 5.41) is 13.5. The Morgan fingerprint density at radius 3 is 2.38 bits per heavy atom. The Labute approximate surface area is 267 Å². The Morgan fingerprint density at radius 1 is 1.06 bits per heavy atom.